The van der Waals surface area contributed by atoms with Crippen molar-refractivity contribution < 1.29 is 13.2 Å². The number of alkyl halides is 3. The third kappa shape index (κ3) is 2.66. The molecule has 1 heterocycles. The van der Waals surface area contributed by atoms with Crippen LogP contribution in [0.1, 0.15) is 5.82 Å². The molecule has 0 saturated carbocycles. The van der Waals surface area contributed by atoms with Gasteiger partial charge in [0.2, 0.25) is 0 Å². The number of nitrogens with one attached hydrogen (secondary N) is 1. The normalized spacial score (nSPS) is 14.4. The molecular formula is C6H10F3N5. The van der Waals surface area contributed by atoms with Crippen molar-refractivity contribution in [2.45, 2.75) is 18.6 Å². The predicted octanol–water partition coefficient (Wildman–Crippen LogP) is -0.0971. The van der Waals surface area contributed by atoms with E-state index in [4.69, 9.17) is 0 Å². The van der Waals surface area contributed by atoms with E-state index in [2.05, 4.69) is 20.7 Å². The van der Waals surface area contributed by atoms with Crippen molar-refractivity contribution in [1.29, 1.82) is 0 Å². The summed E-state index contributed by atoms with van der Waals surface area (Å²) in [4.78, 5) is 1.12. The number of tetrazole rings is 1. The maximum Gasteiger partial charge on any atom is 0.404 e. The zero-order valence-corrected chi connectivity index (χ0v) is 7.71. The minimum Gasteiger partial charge on any atom is -0.309 e. The van der Waals surface area contributed by atoms with Crippen LogP contribution in [0.15, 0.2) is 0 Å². The summed E-state index contributed by atoms with van der Waals surface area (Å²) in [6, 6.07) is -1.63. The van der Waals surface area contributed by atoms with Gasteiger partial charge in [-0.3, -0.25) is 0 Å². The fraction of sp³-hybridized carbons (Fsp3) is 0.833. The summed E-state index contributed by atoms with van der Waals surface area (Å²) in [6.45, 7) is 0. The monoisotopic (exact) mass is 209 g/mol. The number of halogens is 3. The van der Waals surface area contributed by atoms with Gasteiger partial charge in [-0.2, -0.15) is 18.0 Å². The molecule has 0 amide bonds. The van der Waals surface area contributed by atoms with Gasteiger partial charge in [0.25, 0.3) is 0 Å². The molecule has 0 aliphatic heterocycles. The Kier molecular flexibility index (Phi) is 3.04. The van der Waals surface area contributed by atoms with Crippen molar-refractivity contribution >= 4 is 0 Å². The summed E-state index contributed by atoms with van der Waals surface area (Å²) in [5.74, 6) is 0.0733. The quantitative estimate of drug-likeness (QED) is 0.755. The second-order valence-corrected chi connectivity index (χ2v) is 2.78. The van der Waals surface area contributed by atoms with Gasteiger partial charge in [-0.15, -0.1) is 10.2 Å². The van der Waals surface area contributed by atoms with Crippen LogP contribution in [-0.4, -0.2) is 39.5 Å². The predicted molar refractivity (Wildman–Crippen MR) is 41.4 cm³/mol. The number of hydrogen-bond donors (Lipinski definition) is 1. The van der Waals surface area contributed by atoms with E-state index in [1.54, 1.807) is 0 Å². The van der Waals surface area contributed by atoms with Crippen molar-refractivity contribution in [1.82, 2.24) is 25.5 Å². The lowest BCUT2D eigenvalue weighted by Gasteiger charge is -2.17. The van der Waals surface area contributed by atoms with Gasteiger partial charge in [-0.05, 0) is 12.3 Å². The Morgan fingerprint density at radius 3 is 2.50 bits per heavy atom. The van der Waals surface area contributed by atoms with Gasteiger partial charge in [0.1, 0.15) is 6.04 Å². The van der Waals surface area contributed by atoms with Gasteiger partial charge in [-0.25, -0.2) is 0 Å². The summed E-state index contributed by atoms with van der Waals surface area (Å²) >= 11 is 0. The molecule has 0 spiro atoms. The van der Waals surface area contributed by atoms with E-state index in [-0.39, 0.29) is 12.2 Å². The molecule has 0 saturated heterocycles. The molecule has 80 valence electrons. The van der Waals surface area contributed by atoms with Crippen LogP contribution in [0.3, 0.4) is 0 Å². The molecule has 1 N–H and O–H groups in total. The van der Waals surface area contributed by atoms with Crippen LogP contribution in [0.25, 0.3) is 0 Å². The van der Waals surface area contributed by atoms with Gasteiger partial charge in [0, 0.05) is 6.42 Å². The van der Waals surface area contributed by atoms with Gasteiger partial charge in [0.05, 0.1) is 7.05 Å². The van der Waals surface area contributed by atoms with Gasteiger partial charge >= 0.3 is 6.18 Å². The molecule has 0 fully saturated rings. The highest BCUT2D eigenvalue weighted by Crippen LogP contribution is 2.21. The third-order valence-electron chi connectivity index (χ3n) is 1.68. The highest BCUT2D eigenvalue weighted by molar-refractivity contribution is 4.87. The SMILES string of the molecule is CNC(Cc1nnn(C)n1)C(F)(F)F. The molecule has 5 nitrogen and oxygen atoms in total. The van der Waals surface area contributed by atoms with Crippen molar-refractivity contribution in [3.63, 3.8) is 0 Å². The second-order valence-electron chi connectivity index (χ2n) is 2.78. The van der Waals surface area contributed by atoms with Crippen LogP contribution in [0.2, 0.25) is 0 Å². The summed E-state index contributed by atoms with van der Waals surface area (Å²) in [7, 11) is 2.74. The summed E-state index contributed by atoms with van der Waals surface area (Å²) < 4.78 is 36.8. The maximum atomic E-state index is 12.3. The Balaban J connectivity index is 2.66. The lowest BCUT2D eigenvalue weighted by molar-refractivity contribution is -0.154. The lowest BCUT2D eigenvalue weighted by Crippen LogP contribution is -2.42. The minimum absolute atomic E-state index is 0.0733. The van der Waals surface area contributed by atoms with Crippen molar-refractivity contribution in [3.8, 4) is 0 Å². The Morgan fingerprint density at radius 1 is 1.50 bits per heavy atom. The summed E-state index contributed by atoms with van der Waals surface area (Å²) in [6.07, 6.45) is -4.61. The van der Waals surface area contributed by atoms with Crippen molar-refractivity contribution in [2.75, 3.05) is 7.05 Å². The Bertz CT molecular complexity index is 294. The van der Waals surface area contributed by atoms with Gasteiger partial charge in [0.15, 0.2) is 5.82 Å². The second kappa shape index (κ2) is 3.91. The highest BCUT2D eigenvalue weighted by atomic mass is 19.4. The number of rotatable bonds is 3. The Labute approximate surface area is 78.3 Å². The molecule has 0 radical (unpaired) electrons. The first-order valence-electron chi connectivity index (χ1n) is 3.90. The zero-order valence-electron chi connectivity index (χ0n) is 7.71. The molecule has 8 heteroatoms. The fourth-order valence-electron chi connectivity index (χ4n) is 0.969. The standard InChI is InChI=1S/C6H10F3N5/c1-10-4(6(7,8)9)3-5-11-13-14(2)12-5/h4,10H,3H2,1-2H3. The first kappa shape index (κ1) is 10.9. The van der Waals surface area contributed by atoms with E-state index in [0.717, 1.165) is 4.80 Å². The zero-order chi connectivity index (χ0) is 10.8. The molecule has 14 heavy (non-hydrogen) atoms. The summed E-state index contributed by atoms with van der Waals surface area (Å²) in [5, 5.41) is 12.7. The van der Waals surface area contributed by atoms with Crippen LogP contribution in [0.4, 0.5) is 13.2 Å². The highest BCUT2D eigenvalue weighted by Gasteiger charge is 2.39. The van der Waals surface area contributed by atoms with E-state index in [1.807, 2.05) is 0 Å². The van der Waals surface area contributed by atoms with Gasteiger partial charge in [-0.1, -0.05) is 0 Å². The molecule has 0 aromatic carbocycles. The maximum absolute atomic E-state index is 12.3. The van der Waals surface area contributed by atoms with Crippen LogP contribution < -0.4 is 5.32 Å². The first-order valence-corrected chi connectivity index (χ1v) is 3.90. The fourth-order valence-corrected chi connectivity index (χ4v) is 0.969. The molecule has 0 bridgehead atoms. The average molecular weight is 209 g/mol. The molecule has 1 atom stereocenters. The third-order valence-corrected chi connectivity index (χ3v) is 1.68. The lowest BCUT2D eigenvalue weighted by atomic mass is 10.2. The molecule has 1 aromatic heterocycles. The molecule has 1 rings (SSSR count). The first-order chi connectivity index (χ1) is 6.43. The number of nitrogens with zero attached hydrogens (tertiary/aromatic N) is 4. The van der Waals surface area contributed by atoms with E-state index >= 15 is 0 Å². The number of hydrogen-bond acceptors (Lipinski definition) is 4. The topological polar surface area (TPSA) is 55.6 Å². The molecule has 0 aliphatic carbocycles. The van der Waals surface area contributed by atoms with Crippen LogP contribution in [0.5, 0.6) is 0 Å². The van der Waals surface area contributed by atoms with Crippen LogP contribution in [0, 0.1) is 0 Å². The Morgan fingerprint density at radius 2 is 2.14 bits per heavy atom. The van der Waals surface area contributed by atoms with E-state index in [9.17, 15) is 13.2 Å². The van der Waals surface area contributed by atoms with Gasteiger partial charge < -0.3 is 5.32 Å². The molecule has 1 aromatic rings. The largest absolute Gasteiger partial charge is 0.404 e. The number of likely N-dealkylation sites (N-methyl/N-ethyl adjacent to an activating group) is 1. The Hall–Kier alpha value is -1.18. The van der Waals surface area contributed by atoms with E-state index < -0.39 is 12.2 Å². The van der Waals surface area contributed by atoms with Crippen LogP contribution in [-0.2, 0) is 13.5 Å². The van der Waals surface area contributed by atoms with Crippen molar-refractivity contribution in [2.24, 2.45) is 7.05 Å². The number of aromatic nitrogens is 4. The molecule has 1 unspecified atom stereocenters. The smallest absolute Gasteiger partial charge is 0.309 e. The van der Waals surface area contributed by atoms with E-state index in [0.29, 0.717) is 0 Å². The summed E-state index contributed by atoms with van der Waals surface area (Å²) in [5.41, 5.74) is 0. The van der Waals surface area contributed by atoms with Crippen LogP contribution >= 0.6 is 0 Å². The number of aryl methyl sites for hydroxylation is 1. The molecular weight excluding hydrogens is 199 g/mol. The molecule has 0 aliphatic rings. The van der Waals surface area contributed by atoms with Crippen molar-refractivity contribution in [3.05, 3.63) is 5.82 Å². The average Bonchev–Trinajstić information content (AvgIpc) is 2.45. The van der Waals surface area contributed by atoms with E-state index in [1.165, 1.54) is 14.1 Å². The minimum atomic E-state index is -4.30.